The van der Waals surface area contributed by atoms with Gasteiger partial charge in [0.2, 0.25) is 11.8 Å². The molecule has 6 nitrogen and oxygen atoms in total. The van der Waals surface area contributed by atoms with Gasteiger partial charge in [-0.15, -0.1) is 0 Å². The fourth-order valence-electron chi connectivity index (χ4n) is 5.26. The van der Waals surface area contributed by atoms with E-state index in [1.165, 1.54) is 6.20 Å². The van der Waals surface area contributed by atoms with E-state index in [2.05, 4.69) is 16.4 Å². The third-order valence-electron chi connectivity index (χ3n) is 7.31. The van der Waals surface area contributed by atoms with Crippen LogP contribution in [-0.4, -0.2) is 48.1 Å². The van der Waals surface area contributed by atoms with Crippen LogP contribution in [0, 0.1) is 23.2 Å². The highest BCUT2D eigenvalue weighted by Crippen LogP contribution is 2.39. The van der Waals surface area contributed by atoms with E-state index >= 15 is 0 Å². The molecule has 180 valence electrons. The number of benzene rings is 1. The Kier molecular flexibility index (Phi) is 7.98. The number of carbonyl (C=O) groups is 1. The minimum atomic E-state index is -0.197. The Labute approximate surface area is 211 Å². The van der Waals surface area contributed by atoms with Crippen LogP contribution in [0.4, 0.5) is 0 Å². The van der Waals surface area contributed by atoms with Gasteiger partial charge < -0.3 is 15.0 Å². The maximum atomic E-state index is 13.5. The SMILES string of the molecule is CNC1CCC(C(=O)N2CC(c3ccc(Cl)c(Cl)c3)C(C(C)Oc3ccc(C#N)cn3)C2)CC1. The van der Waals surface area contributed by atoms with Gasteiger partial charge in [0.1, 0.15) is 12.2 Å². The Hall–Kier alpha value is -2.33. The van der Waals surface area contributed by atoms with E-state index in [0.29, 0.717) is 40.6 Å². The van der Waals surface area contributed by atoms with Gasteiger partial charge >= 0.3 is 0 Å². The molecule has 1 amide bonds. The van der Waals surface area contributed by atoms with E-state index in [1.807, 2.05) is 37.1 Å². The van der Waals surface area contributed by atoms with Crippen LogP contribution in [0.25, 0.3) is 0 Å². The minimum absolute atomic E-state index is 0.0623. The van der Waals surface area contributed by atoms with Gasteiger partial charge in [0.05, 0.1) is 15.6 Å². The van der Waals surface area contributed by atoms with Crippen molar-refractivity contribution in [2.45, 2.75) is 50.7 Å². The molecule has 2 fully saturated rings. The van der Waals surface area contributed by atoms with Crippen LogP contribution in [-0.2, 0) is 4.79 Å². The Balaban J connectivity index is 1.53. The molecule has 0 bridgehead atoms. The van der Waals surface area contributed by atoms with Crippen molar-refractivity contribution in [1.29, 1.82) is 5.26 Å². The highest BCUT2D eigenvalue weighted by molar-refractivity contribution is 6.42. The number of nitrogens with one attached hydrogen (secondary N) is 1. The zero-order valence-corrected chi connectivity index (χ0v) is 21.0. The lowest BCUT2D eigenvalue weighted by molar-refractivity contribution is -0.135. The fourth-order valence-corrected chi connectivity index (χ4v) is 5.57. The maximum Gasteiger partial charge on any atom is 0.225 e. The topological polar surface area (TPSA) is 78.3 Å². The average molecular weight is 501 g/mol. The van der Waals surface area contributed by atoms with E-state index in [4.69, 9.17) is 33.2 Å². The molecule has 8 heteroatoms. The molecule has 0 spiro atoms. The van der Waals surface area contributed by atoms with Gasteiger partial charge in [-0.2, -0.15) is 5.26 Å². The van der Waals surface area contributed by atoms with Crippen molar-refractivity contribution >= 4 is 29.1 Å². The molecular formula is C26H30Cl2N4O2. The highest BCUT2D eigenvalue weighted by Gasteiger charge is 2.42. The van der Waals surface area contributed by atoms with Crippen molar-refractivity contribution < 1.29 is 9.53 Å². The summed E-state index contributed by atoms with van der Waals surface area (Å²) >= 11 is 12.5. The first-order chi connectivity index (χ1) is 16.4. The molecule has 1 aliphatic carbocycles. The molecule has 3 atom stereocenters. The molecule has 1 aromatic heterocycles. The summed E-state index contributed by atoms with van der Waals surface area (Å²) in [5, 5.41) is 13.4. The van der Waals surface area contributed by atoms with E-state index in [9.17, 15) is 4.79 Å². The molecule has 3 unspecified atom stereocenters. The number of hydrogen-bond donors (Lipinski definition) is 1. The third kappa shape index (κ3) is 5.49. The van der Waals surface area contributed by atoms with Gasteiger partial charge in [-0.05, 0) is 63.4 Å². The molecule has 2 heterocycles. The summed E-state index contributed by atoms with van der Waals surface area (Å²) in [6.45, 7) is 3.26. The van der Waals surface area contributed by atoms with Gasteiger partial charge in [0.25, 0.3) is 0 Å². The Morgan fingerprint density at radius 1 is 1.18 bits per heavy atom. The number of hydrogen-bond acceptors (Lipinski definition) is 5. The van der Waals surface area contributed by atoms with Crippen LogP contribution in [0.5, 0.6) is 5.88 Å². The van der Waals surface area contributed by atoms with Crippen LogP contribution < -0.4 is 10.1 Å². The van der Waals surface area contributed by atoms with Crippen molar-refractivity contribution in [2.24, 2.45) is 11.8 Å². The lowest BCUT2D eigenvalue weighted by atomic mass is 9.85. The third-order valence-corrected chi connectivity index (χ3v) is 8.05. The summed E-state index contributed by atoms with van der Waals surface area (Å²) in [5.74, 6) is 0.919. The summed E-state index contributed by atoms with van der Waals surface area (Å²) in [4.78, 5) is 19.7. The first-order valence-corrected chi connectivity index (χ1v) is 12.6. The van der Waals surface area contributed by atoms with Gasteiger partial charge in [-0.3, -0.25) is 4.79 Å². The van der Waals surface area contributed by atoms with Crippen LogP contribution in [0.15, 0.2) is 36.5 Å². The summed E-state index contributed by atoms with van der Waals surface area (Å²) in [7, 11) is 1.99. The van der Waals surface area contributed by atoms with Crippen molar-refractivity contribution in [1.82, 2.24) is 15.2 Å². The number of nitriles is 1. The smallest absolute Gasteiger partial charge is 0.225 e. The lowest BCUT2D eigenvalue weighted by Crippen LogP contribution is -2.39. The van der Waals surface area contributed by atoms with Crippen LogP contribution in [0.1, 0.15) is 49.7 Å². The Bertz CT molecular complexity index is 1050. The molecule has 1 saturated carbocycles. The quantitative estimate of drug-likeness (QED) is 0.600. The van der Waals surface area contributed by atoms with Crippen LogP contribution >= 0.6 is 23.2 Å². The van der Waals surface area contributed by atoms with Crippen LogP contribution in [0.3, 0.4) is 0 Å². The monoisotopic (exact) mass is 500 g/mol. The molecule has 1 aromatic carbocycles. The Morgan fingerprint density at radius 3 is 2.56 bits per heavy atom. The second kappa shape index (κ2) is 10.9. The normalized spacial score (nSPS) is 25.6. The van der Waals surface area contributed by atoms with Gasteiger partial charge in [-0.1, -0.05) is 29.3 Å². The van der Waals surface area contributed by atoms with Gasteiger partial charge in [-0.25, -0.2) is 4.98 Å². The number of ether oxygens (including phenoxy) is 1. The van der Waals surface area contributed by atoms with Gasteiger partial charge in [0.15, 0.2) is 0 Å². The van der Waals surface area contributed by atoms with E-state index in [-0.39, 0.29) is 29.8 Å². The highest BCUT2D eigenvalue weighted by atomic mass is 35.5. The number of aromatic nitrogens is 1. The summed E-state index contributed by atoms with van der Waals surface area (Å²) in [6, 6.07) is 11.7. The molecular weight excluding hydrogens is 471 g/mol. The average Bonchev–Trinajstić information content (AvgIpc) is 3.31. The molecule has 34 heavy (non-hydrogen) atoms. The van der Waals surface area contributed by atoms with E-state index in [1.54, 1.807) is 12.1 Å². The predicted octanol–water partition coefficient (Wildman–Crippen LogP) is 5.05. The second-order valence-corrected chi connectivity index (χ2v) is 10.2. The maximum absolute atomic E-state index is 13.5. The van der Waals surface area contributed by atoms with Crippen LogP contribution in [0.2, 0.25) is 10.0 Å². The number of halogens is 2. The van der Waals surface area contributed by atoms with E-state index in [0.717, 1.165) is 31.2 Å². The Morgan fingerprint density at radius 2 is 1.94 bits per heavy atom. The van der Waals surface area contributed by atoms with Crippen molar-refractivity contribution in [3.05, 3.63) is 57.7 Å². The van der Waals surface area contributed by atoms with Gasteiger partial charge in [0, 0.05) is 49.1 Å². The molecule has 2 aromatic rings. The number of amides is 1. The number of likely N-dealkylation sites (tertiary alicyclic amines) is 1. The summed E-state index contributed by atoms with van der Waals surface area (Å²) in [6.07, 6.45) is 5.21. The first kappa shape index (κ1) is 24.8. The molecule has 2 aliphatic rings. The van der Waals surface area contributed by atoms with Crippen molar-refractivity contribution in [3.63, 3.8) is 0 Å². The predicted molar refractivity (Wildman–Crippen MR) is 133 cm³/mol. The van der Waals surface area contributed by atoms with Crippen molar-refractivity contribution in [3.8, 4) is 11.9 Å². The van der Waals surface area contributed by atoms with Crippen molar-refractivity contribution in [2.75, 3.05) is 20.1 Å². The zero-order valence-electron chi connectivity index (χ0n) is 19.5. The summed E-state index contributed by atoms with van der Waals surface area (Å²) < 4.78 is 6.18. The number of rotatable bonds is 6. The molecule has 1 N–H and O–H groups in total. The number of carbonyl (C=O) groups excluding carboxylic acids is 1. The number of nitrogens with zero attached hydrogens (tertiary/aromatic N) is 3. The largest absolute Gasteiger partial charge is 0.474 e. The first-order valence-electron chi connectivity index (χ1n) is 11.8. The molecule has 0 radical (unpaired) electrons. The fraction of sp³-hybridized carbons (Fsp3) is 0.500. The van der Waals surface area contributed by atoms with E-state index < -0.39 is 0 Å². The molecule has 1 saturated heterocycles. The minimum Gasteiger partial charge on any atom is -0.474 e. The number of pyridine rings is 1. The standard InChI is InChI=1S/C26H30Cl2N4O2/c1-16(34-25-10-3-17(12-29)13-31-25)21-14-32(26(33)18-4-7-20(30-2)8-5-18)15-22(21)19-6-9-23(27)24(28)11-19/h3,6,9-11,13,16,18,20-22,30H,4-5,7-8,14-15H2,1-2H3. The molecule has 1 aliphatic heterocycles. The molecule has 4 rings (SSSR count). The second-order valence-electron chi connectivity index (χ2n) is 9.34. The summed E-state index contributed by atoms with van der Waals surface area (Å²) in [5.41, 5.74) is 1.54. The zero-order chi connectivity index (χ0) is 24.2. The lowest BCUT2D eigenvalue weighted by Gasteiger charge is -2.30.